The largest absolute Gasteiger partial charge is 0.269 e. The first-order chi connectivity index (χ1) is 19.1. The van der Waals surface area contributed by atoms with Gasteiger partial charge in [0.05, 0.1) is 0 Å². The van der Waals surface area contributed by atoms with Crippen molar-refractivity contribution in [3.63, 3.8) is 0 Å². The lowest BCUT2D eigenvalue weighted by Gasteiger charge is -2.28. The molecule has 1 heterocycles. The van der Waals surface area contributed by atoms with E-state index >= 15 is 0 Å². The van der Waals surface area contributed by atoms with Gasteiger partial charge in [-0.2, -0.15) is 0 Å². The van der Waals surface area contributed by atoms with E-state index in [1.54, 1.807) is 0 Å². The van der Waals surface area contributed by atoms with Crippen molar-refractivity contribution in [2.45, 2.75) is 25.2 Å². The molecule has 0 bridgehead atoms. The van der Waals surface area contributed by atoms with Crippen molar-refractivity contribution in [3.8, 4) is 22.3 Å². The van der Waals surface area contributed by atoms with Crippen molar-refractivity contribution < 1.29 is 0 Å². The minimum absolute atomic E-state index is 0.0113. The summed E-state index contributed by atoms with van der Waals surface area (Å²) in [6.07, 6.45) is 6.47. The van der Waals surface area contributed by atoms with Crippen molar-refractivity contribution in [1.82, 2.24) is 0 Å². The molecule has 0 fully saturated rings. The predicted octanol–water partition coefficient (Wildman–Crippen LogP) is 10.1. The van der Waals surface area contributed by atoms with Crippen LogP contribution in [0.4, 0.5) is 0 Å². The molecule has 2 atom stereocenters. The van der Waals surface area contributed by atoms with E-state index in [1.165, 1.54) is 65.7 Å². The van der Waals surface area contributed by atoms with Crippen LogP contribution in [0, 0.1) is 5.92 Å². The number of allylic oxidation sites excluding steroid dienone is 1. The van der Waals surface area contributed by atoms with Crippen molar-refractivity contribution in [2.24, 2.45) is 10.9 Å². The Bertz CT molecular complexity index is 1930. The van der Waals surface area contributed by atoms with Gasteiger partial charge in [-0.25, -0.2) is 0 Å². The summed E-state index contributed by atoms with van der Waals surface area (Å²) in [5.41, 5.74) is 8.13. The molecule has 0 spiro atoms. The molecule has 0 amide bonds. The number of rotatable bonds is 2. The molecule has 6 aromatic carbocycles. The maximum Gasteiger partial charge on any atom is 0.0230 e. The Morgan fingerprint density at radius 1 is 0.590 bits per heavy atom. The van der Waals surface area contributed by atoms with Crippen LogP contribution < -0.4 is 0 Å². The molecule has 0 radical (unpaired) electrons. The van der Waals surface area contributed by atoms with Crippen molar-refractivity contribution >= 4 is 38.5 Å². The van der Waals surface area contributed by atoms with Gasteiger partial charge in [0.15, 0.2) is 0 Å². The van der Waals surface area contributed by atoms with E-state index in [0.717, 1.165) is 0 Å². The van der Waals surface area contributed by atoms with E-state index in [-0.39, 0.29) is 5.41 Å². The van der Waals surface area contributed by atoms with Gasteiger partial charge in [-0.15, -0.1) is 0 Å². The summed E-state index contributed by atoms with van der Waals surface area (Å²) in [6.45, 7) is 4.80. The molecule has 8 rings (SSSR count). The molecule has 1 heteroatoms. The maximum absolute atomic E-state index is 4.57. The number of benzene rings is 6. The minimum Gasteiger partial charge on any atom is -0.269 e. The van der Waals surface area contributed by atoms with Gasteiger partial charge in [0.2, 0.25) is 0 Å². The summed E-state index contributed by atoms with van der Waals surface area (Å²) in [5.74, 6) is 0.727. The maximum atomic E-state index is 4.57. The smallest absolute Gasteiger partial charge is 0.0230 e. The Morgan fingerprint density at radius 2 is 1.13 bits per heavy atom. The van der Waals surface area contributed by atoms with E-state index in [1.807, 2.05) is 6.20 Å². The molecule has 1 nitrogen and oxygen atoms in total. The summed E-state index contributed by atoms with van der Waals surface area (Å²) >= 11 is 0. The van der Waals surface area contributed by atoms with E-state index < -0.39 is 0 Å². The summed E-state index contributed by atoms with van der Waals surface area (Å²) in [6, 6.07) is 40.3. The highest BCUT2D eigenvalue weighted by Crippen LogP contribution is 2.56. The van der Waals surface area contributed by atoms with Gasteiger partial charge < -0.3 is 0 Å². The molecular formula is C38H29N. The lowest BCUT2D eigenvalue weighted by molar-refractivity contribution is 0.425. The summed E-state index contributed by atoms with van der Waals surface area (Å²) in [4.78, 5) is 4.57. The van der Waals surface area contributed by atoms with Crippen molar-refractivity contribution in [2.75, 3.05) is 0 Å². The van der Waals surface area contributed by atoms with Crippen LogP contribution >= 0.6 is 0 Å². The first-order valence-corrected chi connectivity index (χ1v) is 13.9. The van der Waals surface area contributed by atoms with Crippen LogP contribution in [0.3, 0.4) is 0 Å². The molecule has 1 aliphatic carbocycles. The molecule has 39 heavy (non-hydrogen) atoms. The topological polar surface area (TPSA) is 12.4 Å². The first kappa shape index (κ1) is 22.5. The van der Waals surface area contributed by atoms with Crippen LogP contribution in [-0.4, -0.2) is 6.21 Å². The quantitative estimate of drug-likeness (QED) is 0.210. The Hall–Kier alpha value is -4.49. The van der Waals surface area contributed by atoms with Gasteiger partial charge in [0.1, 0.15) is 0 Å². The van der Waals surface area contributed by atoms with Crippen molar-refractivity contribution in [1.29, 1.82) is 0 Å². The van der Waals surface area contributed by atoms with Gasteiger partial charge in [0, 0.05) is 24.3 Å². The molecular weight excluding hydrogens is 470 g/mol. The SMILES string of the molecule is CC1(C)c2cc(-c3c4ccccc4c(-c4ccccc4)c4ccccc34)c3ccccc3c2C2C=CN=CC21. The van der Waals surface area contributed by atoms with Crippen LogP contribution in [0.25, 0.3) is 54.6 Å². The van der Waals surface area contributed by atoms with Crippen molar-refractivity contribution in [3.05, 3.63) is 133 Å². The zero-order valence-electron chi connectivity index (χ0n) is 22.2. The molecule has 0 N–H and O–H groups in total. The lowest BCUT2D eigenvalue weighted by atomic mass is 9.75. The third-order valence-electron chi connectivity index (χ3n) is 9.22. The molecule has 0 saturated heterocycles. The number of nitrogens with zero attached hydrogens (tertiary/aromatic N) is 1. The summed E-state index contributed by atoms with van der Waals surface area (Å²) in [5, 5.41) is 7.89. The second-order valence-corrected chi connectivity index (χ2v) is 11.6. The highest BCUT2D eigenvalue weighted by atomic mass is 14.7. The van der Waals surface area contributed by atoms with Gasteiger partial charge in [-0.1, -0.05) is 123 Å². The highest BCUT2D eigenvalue weighted by molar-refractivity contribution is 6.23. The highest BCUT2D eigenvalue weighted by Gasteiger charge is 2.46. The average molecular weight is 500 g/mol. The number of aliphatic imine (C=N–C) groups is 1. The van der Waals surface area contributed by atoms with Crippen LogP contribution in [-0.2, 0) is 5.41 Å². The molecule has 0 aromatic heterocycles. The van der Waals surface area contributed by atoms with E-state index in [4.69, 9.17) is 0 Å². The number of hydrogen-bond acceptors (Lipinski definition) is 1. The fourth-order valence-electron chi connectivity index (χ4n) is 7.42. The predicted molar refractivity (Wildman–Crippen MR) is 167 cm³/mol. The Kier molecular flexibility index (Phi) is 4.76. The molecule has 1 aliphatic heterocycles. The van der Waals surface area contributed by atoms with Gasteiger partial charge >= 0.3 is 0 Å². The van der Waals surface area contributed by atoms with E-state index in [0.29, 0.717) is 11.8 Å². The van der Waals surface area contributed by atoms with Gasteiger partial charge in [0.25, 0.3) is 0 Å². The Morgan fingerprint density at radius 3 is 1.77 bits per heavy atom. The number of hydrogen-bond donors (Lipinski definition) is 0. The summed E-state index contributed by atoms with van der Waals surface area (Å²) in [7, 11) is 0. The Balaban J connectivity index is 1.55. The average Bonchev–Trinajstić information content (AvgIpc) is 3.22. The first-order valence-electron chi connectivity index (χ1n) is 13.9. The van der Waals surface area contributed by atoms with Gasteiger partial charge in [-0.3, -0.25) is 4.99 Å². The molecule has 6 aromatic rings. The summed E-state index contributed by atoms with van der Waals surface area (Å²) < 4.78 is 0. The second-order valence-electron chi connectivity index (χ2n) is 11.6. The normalized spacial score (nSPS) is 19.0. The Labute approximate surface area is 229 Å². The third kappa shape index (κ3) is 3.11. The van der Waals surface area contributed by atoms with Crippen LogP contribution in [0.1, 0.15) is 30.9 Å². The molecule has 186 valence electrons. The van der Waals surface area contributed by atoms with E-state index in [2.05, 4.69) is 140 Å². The van der Waals surface area contributed by atoms with Crippen LogP contribution in [0.2, 0.25) is 0 Å². The molecule has 2 aliphatic rings. The fraction of sp³-hybridized carbons (Fsp3) is 0.132. The van der Waals surface area contributed by atoms with Gasteiger partial charge in [-0.05, 0) is 77.2 Å². The van der Waals surface area contributed by atoms with Crippen LogP contribution in [0.15, 0.2) is 126 Å². The zero-order valence-corrected chi connectivity index (χ0v) is 22.2. The van der Waals surface area contributed by atoms with Crippen LogP contribution in [0.5, 0.6) is 0 Å². The van der Waals surface area contributed by atoms with E-state index in [9.17, 15) is 0 Å². The lowest BCUT2D eigenvalue weighted by Crippen LogP contribution is -2.27. The number of fused-ring (bicyclic) bond motifs is 7. The molecule has 2 unspecified atom stereocenters. The fourth-order valence-corrected chi connectivity index (χ4v) is 7.42. The second kappa shape index (κ2) is 8.25. The molecule has 0 saturated carbocycles. The third-order valence-corrected chi connectivity index (χ3v) is 9.22. The minimum atomic E-state index is -0.0113. The zero-order chi connectivity index (χ0) is 26.1. The monoisotopic (exact) mass is 499 g/mol. The standard InChI is InChI=1S/C38H29N/c1-38(2)33-22-32(25-14-6-7-15-26(25)37(33)31-20-21-39-23-34(31)38)36-29-18-10-8-16-27(29)35(24-12-4-3-5-13-24)28-17-9-11-19-30(28)36/h3-23,31,34H,1-2H3.